The van der Waals surface area contributed by atoms with Crippen molar-refractivity contribution in [2.75, 3.05) is 0 Å². The summed E-state index contributed by atoms with van der Waals surface area (Å²) < 4.78 is 5.44. The highest BCUT2D eigenvalue weighted by molar-refractivity contribution is 6.01. The first-order chi connectivity index (χ1) is 7.70. The molecule has 1 atom stereocenters. The summed E-state index contributed by atoms with van der Waals surface area (Å²) >= 11 is 0. The Labute approximate surface area is 93.1 Å². The number of hydrogen-bond acceptors (Lipinski definition) is 3. The van der Waals surface area contributed by atoms with Gasteiger partial charge >= 0.3 is 0 Å². The molecular weight excluding hydrogens is 204 g/mol. The monoisotopic (exact) mass is 216 g/mol. The van der Waals surface area contributed by atoms with E-state index < -0.39 is 5.60 Å². The summed E-state index contributed by atoms with van der Waals surface area (Å²) in [6.45, 7) is 0. The zero-order chi connectivity index (χ0) is 11.2. The molecule has 3 rings (SSSR count). The molecule has 1 spiro atoms. The van der Waals surface area contributed by atoms with Crippen molar-refractivity contribution < 1.29 is 9.53 Å². The lowest BCUT2D eigenvalue weighted by Crippen LogP contribution is -2.43. The number of carbonyl (C=O) groups is 1. The minimum Gasteiger partial charge on any atom is -0.448 e. The van der Waals surface area contributed by atoms with E-state index in [9.17, 15) is 4.79 Å². The number of aliphatic imine (C=N–C) groups is 1. The Bertz CT molecular complexity index is 496. The second-order valence-corrected chi connectivity index (χ2v) is 4.30. The van der Waals surface area contributed by atoms with E-state index in [1.807, 2.05) is 18.2 Å². The third-order valence-electron chi connectivity index (χ3n) is 3.29. The Morgan fingerprint density at radius 1 is 1.31 bits per heavy atom. The van der Waals surface area contributed by atoms with Gasteiger partial charge < -0.3 is 10.5 Å². The Morgan fingerprint density at radius 3 is 2.75 bits per heavy atom. The number of hydrogen-bond donors (Lipinski definition) is 1. The first-order valence-electron chi connectivity index (χ1n) is 5.34. The quantitative estimate of drug-likeness (QED) is 0.697. The van der Waals surface area contributed by atoms with E-state index >= 15 is 0 Å². The molecule has 1 amide bonds. The minimum atomic E-state index is -0.821. The molecule has 0 saturated carbocycles. The molecule has 1 aromatic carbocycles. The number of aryl methyl sites for hydroxylation is 1. The standard InChI is InChI=1S/C12H12N2O2/c13-11-14-10(15)12(16-11)6-5-8-3-1-2-4-9(8)7-12/h1-4H,5-7H2,(H2,13,14,15)/t12-/m0/s1. The summed E-state index contributed by atoms with van der Waals surface area (Å²) in [5.74, 6) is -0.237. The predicted octanol–water partition coefficient (Wildman–Crippen LogP) is 0.786. The molecule has 2 N–H and O–H groups in total. The van der Waals surface area contributed by atoms with Crippen molar-refractivity contribution in [3.63, 3.8) is 0 Å². The number of nitrogens with two attached hydrogens (primary N) is 1. The molecule has 0 saturated heterocycles. The van der Waals surface area contributed by atoms with Crippen LogP contribution in [0.15, 0.2) is 29.3 Å². The number of amidine groups is 1. The van der Waals surface area contributed by atoms with Crippen LogP contribution in [-0.4, -0.2) is 17.5 Å². The number of rotatable bonds is 0. The topological polar surface area (TPSA) is 64.7 Å². The second-order valence-electron chi connectivity index (χ2n) is 4.30. The van der Waals surface area contributed by atoms with Crippen LogP contribution in [0.2, 0.25) is 0 Å². The van der Waals surface area contributed by atoms with Crippen LogP contribution in [-0.2, 0) is 22.4 Å². The van der Waals surface area contributed by atoms with E-state index in [1.54, 1.807) is 0 Å². The smallest absolute Gasteiger partial charge is 0.294 e. The largest absolute Gasteiger partial charge is 0.448 e. The summed E-state index contributed by atoms with van der Waals surface area (Å²) in [4.78, 5) is 15.5. The van der Waals surface area contributed by atoms with Gasteiger partial charge in [0, 0.05) is 12.8 Å². The van der Waals surface area contributed by atoms with E-state index in [4.69, 9.17) is 10.5 Å². The molecule has 0 radical (unpaired) electrons. The molecule has 2 aliphatic rings. The fourth-order valence-corrected chi connectivity index (χ4v) is 2.44. The first kappa shape index (κ1) is 9.39. The van der Waals surface area contributed by atoms with E-state index in [1.165, 1.54) is 5.56 Å². The summed E-state index contributed by atoms with van der Waals surface area (Å²) in [5, 5.41) is 0. The third kappa shape index (κ3) is 1.23. The van der Waals surface area contributed by atoms with Crippen molar-refractivity contribution >= 4 is 11.9 Å². The molecule has 0 bridgehead atoms. The zero-order valence-corrected chi connectivity index (χ0v) is 8.77. The highest BCUT2D eigenvalue weighted by Crippen LogP contribution is 2.34. The van der Waals surface area contributed by atoms with Gasteiger partial charge in [0.2, 0.25) is 0 Å². The van der Waals surface area contributed by atoms with Crippen molar-refractivity contribution in [2.24, 2.45) is 10.7 Å². The molecule has 4 heteroatoms. The van der Waals surface area contributed by atoms with Crippen molar-refractivity contribution in [1.82, 2.24) is 0 Å². The lowest BCUT2D eigenvalue weighted by atomic mass is 9.80. The first-order valence-corrected chi connectivity index (χ1v) is 5.34. The van der Waals surface area contributed by atoms with E-state index in [0.717, 1.165) is 12.0 Å². The van der Waals surface area contributed by atoms with Crippen LogP contribution in [0.1, 0.15) is 17.5 Å². The van der Waals surface area contributed by atoms with Gasteiger partial charge in [-0.1, -0.05) is 24.3 Å². The van der Waals surface area contributed by atoms with Gasteiger partial charge in [0.05, 0.1) is 0 Å². The molecule has 0 aromatic heterocycles. The van der Waals surface area contributed by atoms with E-state index in [0.29, 0.717) is 12.8 Å². The lowest BCUT2D eigenvalue weighted by molar-refractivity contribution is -0.131. The SMILES string of the molecule is NC1=NC(=O)[C@@]2(CCc3ccccc3C2)O1. The van der Waals surface area contributed by atoms with E-state index in [-0.39, 0.29) is 11.9 Å². The fraction of sp³-hybridized carbons (Fsp3) is 0.333. The molecule has 0 unspecified atom stereocenters. The molecular formula is C12H12N2O2. The molecule has 1 aromatic rings. The van der Waals surface area contributed by atoms with Gasteiger partial charge in [0.1, 0.15) is 0 Å². The second kappa shape index (κ2) is 3.07. The van der Waals surface area contributed by atoms with Gasteiger partial charge in [-0.3, -0.25) is 4.79 Å². The van der Waals surface area contributed by atoms with E-state index in [2.05, 4.69) is 11.1 Å². The Hall–Kier alpha value is -1.84. The van der Waals surface area contributed by atoms with Gasteiger partial charge in [-0.25, -0.2) is 0 Å². The highest BCUT2D eigenvalue weighted by atomic mass is 16.5. The molecule has 4 nitrogen and oxygen atoms in total. The predicted molar refractivity (Wildman–Crippen MR) is 58.9 cm³/mol. The Morgan fingerprint density at radius 2 is 2.06 bits per heavy atom. The van der Waals surface area contributed by atoms with Crippen molar-refractivity contribution in [2.45, 2.75) is 24.9 Å². The maximum absolute atomic E-state index is 11.8. The van der Waals surface area contributed by atoms with Crippen LogP contribution in [0.4, 0.5) is 0 Å². The van der Waals surface area contributed by atoms with Gasteiger partial charge in [0.15, 0.2) is 5.60 Å². The van der Waals surface area contributed by atoms with Crippen LogP contribution in [0.25, 0.3) is 0 Å². The van der Waals surface area contributed by atoms with Crippen molar-refractivity contribution in [3.8, 4) is 0 Å². The van der Waals surface area contributed by atoms with Gasteiger partial charge in [0.25, 0.3) is 11.9 Å². The maximum Gasteiger partial charge on any atom is 0.294 e. The zero-order valence-electron chi connectivity index (χ0n) is 8.77. The average molecular weight is 216 g/mol. The average Bonchev–Trinajstić information content (AvgIpc) is 2.53. The van der Waals surface area contributed by atoms with Crippen molar-refractivity contribution in [1.29, 1.82) is 0 Å². The summed E-state index contributed by atoms with van der Waals surface area (Å²) in [6.07, 6.45) is 2.07. The Kier molecular flexibility index (Phi) is 1.80. The molecule has 82 valence electrons. The third-order valence-corrected chi connectivity index (χ3v) is 3.29. The molecule has 1 heterocycles. The summed E-state index contributed by atoms with van der Waals surface area (Å²) in [7, 11) is 0. The molecule has 1 aliphatic carbocycles. The molecule has 16 heavy (non-hydrogen) atoms. The van der Waals surface area contributed by atoms with Crippen LogP contribution in [0, 0.1) is 0 Å². The van der Waals surface area contributed by atoms with Crippen molar-refractivity contribution in [3.05, 3.63) is 35.4 Å². The maximum atomic E-state index is 11.8. The lowest BCUT2D eigenvalue weighted by Gasteiger charge is -2.31. The number of benzene rings is 1. The van der Waals surface area contributed by atoms with Gasteiger partial charge in [-0.2, -0.15) is 4.99 Å². The summed E-state index contributed by atoms with van der Waals surface area (Å²) in [5.41, 5.74) is 7.08. The Balaban J connectivity index is 1.97. The van der Waals surface area contributed by atoms with Crippen LogP contribution >= 0.6 is 0 Å². The molecule has 0 fully saturated rings. The normalized spacial score (nSPS) is 27.5. The van der Waals surface area contributed by atoms with Crippen LogP contribution in [0.3, 0.4) is 0 Å². The fourth-order valence-electron chi connectivity index (χ4n) is 2.44. The highest BCUT2D eigenvalue weighted by Gasteiger charge is 2.47. The van der Waals surface area contributed by atoms with Gasteiger partial charge in [-0.15, -0.1) is 0 Å². The van der Waals surface area contributed by atoms with Crippen LogP contribution in [0.5, 0.6) is 0 Å². The van der Waals surface area contributed by atoms with Gasteiger partial charge in [-0.05, 0) is 17.5 Å². The molecule has 1 aliphatic heterocycles. The number of amides is 1. The summed E-state index contributed by atoms with van der Waals surface area (Å²) in [6, 6.07) is 8.11. The number of fused-ring (bicyclic) bond motifs is 1. The minimum absolute atomic E-state index is 0.00406. The number of ether oxygens (including phenoxy) is 1. The van der Waals surface area contributed by atoms with Crippen LogP contribution < -0.4 is 5.73 Å². The number of carbonyl (C=O) groups excluding carboxylic acids is 1. The number of nitrogens with zero attached hydrogens (tertiary/aromatic N) is 1.